The van der Waals surface area contributed by atoms with Gasteiger partial charge < -0.3 is 15.5 Å². The second-order valence-electron chi connectivity index (χ2n) is 9.04. The van der Waals surface area contributed by atoms with Crippen molar-refractivity contribution in [1.82, 2.24) is 5.32 Å². The lowest BCUT2D eigenvalue weighted by Crippen LogP contribution is -2.26. The molecule has 0 atom stereocenters. The maximum atomic E-state index is 12.8. The molecule has 0 fully saturated rings. The minimum Gasteiger partial charge on any atom is -0.506 e. The highest BCUT2D eigenvalue weighted by atomic mass is 35.5. The fraction of sp³-hybridized carbons (Fsp3) is 0.200. The van der Waals surface area contributed by atoms with Crippen LogP contribution < -0.4 is 5.32 Å². The largest absolute Gasteiger partial charge is 0.506 e. The molecular formula is C30H26Cl2N2O5S2. The molecule has 0 saturated heterocycles. The number of nitrogens with one attached hydrogen (secondary N) is 1. The number of nitrogens with zero attached hydrogens (tertiary/aromatic N) is 1. The number of hydrogen-bond acceptors (Lipinski definition) is 8. The third kappa shape index (κ3) is 7.69. The number of carbonyl (C=O) groups is 3. The maximum Gasteiger partial charge on any atom is 0.251 e. The van der Waals surface area contributed by atoms with Crippen LogP contribution in [0.25, 0.3) is 10.4 Å². The Hall–Kier alpha value is -3.34. The van der Waals surface area contributed by atoms with Crippen molar-refractivity contribution < 1.29 is 24.6 Å². The highest BCUT2D eigenvalue weighted by Gasteiger charge is 2.17. The lowest BCUT2D eigenvalue weighted by molar-refractivity contribution is 0.0942. The Labute approximate surface area is 255 Å². The lowest BCUT2D eigenvalue weighted by atomic mass is 10.0. The summed E-state index contributed by atoms with van der Waals surface area (Å²) in [5, 5.41) is 24.8. The quantitative estimate of drug-likeness (QED) is 0.119. The SMILES string of the molecule is CC(=NCC(=O)c1ccc(C(=O)CCc2ccc(C(=O)NCCO)cc2)s1)c1csc(-c2ccc(Cl)c(Cl)c2)c1O. The zero-order valence-electron chi connectivity index (χ0n) is 21.9. The van der Waals surface area contributed by atoms with Crippen LogP contribution in [0.3, 0.4) is 0 Å². The number of benzene rings is 2. The first-order valence-corrected chi connectivity index (χ1v) is 15.0. The van der Waals surface area contributed by atoms with Crippen molar-refractivity contribution >= 4 is 69.1 Å². The summed E-state index contributed by atoms with van der Waals surface area (Å²) in [6.45, 7) is 1.67. The number of aromatic hydroxyl groups is 1. The van der Waals surface area contributed by atoms with Crippen LogP contribution in [0.5, 0.6) is 5.75 Å². The second kappa shape index (κ2) is 14.0. The molecule has 0 spiro atoms. The van der Waals surface area contributed by atoms with Crippen molar-refractivity contribution in [2.24, 2.45) is 4.99 Å². The van der Waals surface area contributed by atoms with Gasteiger partial charge in [0.15, 0.2) is 11.6 Å². The summed E-state index contributed by atoms with van der Waals surface area (Å²) in [6, 6.07) is 15.4. The highest BCUT2D eigenvalue weighted by Crippen LogP contribution is 2.40. The van der Waals surface area contributed by atoms with Crippen molar-refractivity contribution in [1.29, 1.82) is 0 Å². The zero-order chi connectivity index (χ0) is 29.5. The van der Waals surface area contributed by atoms with E-state index in [0.29, 0.717) is 47.9 Å². The Morgan fingerprint density at radius 3 is 2.34 bits per heavy atom. The molecule has 1 amide bonds. The Bertz CT molecular complexity index is 1610. The predicted octanol–water partition coefficient (Wildman–Crippen LogP) is 6.72. The molecule has 4 aromatic rings. The van der Waals surface area contributed by atoms with Crippen LogP contribution in [0.2, 0.25) is 10.0 Å². The van der Waals surface area contributed by atoms with Crippen molar-refractivity contribution in [3.05, 3.63) is 96.5 Å². The Morgan fingerprint density at radius 2 is 1.66 bits per heavy atom. The van der Waals surface area contributed by atoms with Gasteiger partial charge in [0.05, 0.1) is 31.3 Å². The van der Waals surface area contributed by atoms with Gasteiger partial charge in [0.1, 0.15) is 12.3 Å². The smallest absolute Gasteiger partial charge is 0.251 e. The summed E-state index contributed by atoms with van der Waals surface area (Å²) >= 11 is 14.6. The van der Waals surface area contributed by atoms with Gasteiger partial charge in [-0.1, -0.05) is 41.4 Å². The molecule has 212 valence electrons. The number of aliphatic hydroxyl groups excluding tert-OH is 1. The molecule has 2 aromatic heterocycles. The molecule has 0 aliphatic heterocycles. The van der Waals surface area contributed by atoms with Crippen LogP contribution in [-0.2, 0) is 6.42 Å². The van der Waals surface area contributed by atoms with E-state index in [1.165, 1.54) is 11.3 Å². The number of amides is 1. The van der Waals surface area contributed by atoms with E-state index in [9.17, 15) is 19.5 Å². The number of aliphatic imine (C=N–C) groups is 1. The van der Waals surface area contributed by atoms with Crippen LogP contribution in [-0.4, -0.2) is 53.1 Å². The van der Waals surface area contributed by atoms with E-state index >= 15 is 0 Å². The van der Waals surface area contributed by atoms with Crippen molar-refractivity contribution in [3.63, 3.8) is 0 Å². The number of thiophene rings is 2. The van der Waals surface area contributed by atoms with Gasteiger partial charge in [-0.05, 0) is 60.9 Å². The van der Waals surface area contributed by atoms with E-state index in [0.717, 1.165) is 22.5 Å². The van der Waals surface area contributed by atoms with Crippen molar-refractivity contribution in [2.45, 2.75) is 19.8 Å². The first-order valence-electron chi connectivity index (χ1n) is 12.6. The summed E-state index contributed by atoms with van der Waals surface area (Å²) in [5.74, 6) is -0.498. The number of hydrogen-bond donors (Lipinski definition) is 3. The average molecular weight is 630 g/mol. The Kier molecular flexibility index (Phi) is 10.5. The molecule has 2 heterocycles. The number of aryl methyl sites for hydroxylation is 1. The summed E-state index contributed by atoms with van der Waals surface area (Å²) < 4.78 is 0. The molecule has 0 aliphatic carbocycles. The van der Waals surface area contributed by atoms with Gasteiger partial charge in [0, 0.05) is 35.2 Å². The summed E-state index contributed by atoms with van der Waals surface area (Å²) in [5.41, 5.74) is 3.17. The number of aliphatic hydroxyl groups is 1. The number of rotatable bonds is 12. The third-order valence-corrected chi connectivity index (χ3v) is 9.13. The molecule has 0 radical (unpaired) electrons. The van der Waals surface area contributed by atoms with Gasteiger partial charge in [-0.3, -0.25) is 19.4 Å². The van der Waals surface area contributed by atoms with Crippen LogP contribution in [0.4, 0.5) is 0 Å². The van der Waals surface area contributed by atoms with Gasteiger partial charge in [-0.25, -0.2) is 0 Å². The second-order valence-corrected chi connectivity index (χ2v) is 11.8. The molecular weight excluding hydrogens is 603 g/mol. The molecule has 2 aromatic carbocycles. The van der Waals surface area contributed by atoms with E-state index in [1.54, 1.807) is 66.9 Å². The molecule has 3 N–H and O–H groups in total. The van der Waals surface area contributed by atoms with E-state index < -0.39 is 0 Å². The fourth-order valence-corrected chi connectivity index (χ4v) is 6.12. The molecule has 0 bridgehead atoms. The summed E-state index contributed by atoms with van der Waals surface area (Å²) in [4.78, 5) is 43.4. The highest BCUT2D eigenvalue weighted by molar-refractivity contribution is 7.16. The van der Waals surface area contributed by atoms with Crippen LogP contribution in [0.15, 0.2) is 65.0 Å². The molecule has 41 heavy (non-hydrogen) atoms. The van der Waals surface area contributed by atoms with Crippen molar-refractivity contribution in [2.75, 3.05) is 19.7 Å². The van der Waals surface area contributed by atoms with Crippen LogP contribution in [0, 0.1) is 0 Å². The van der Waals surface area contributed by atoms with Crippen LogP contribution in [0.1, 0.15) is 54.2 Å². The zero-order valence-corrected chi connectivity index (χ0v) is 25.1. The molecule has 4 rings (SSSR count). The lowest BCUT2D eigenvalue weighted by Gasteiger charge is -2.05. The third-order valence-electron chi connectivity index (χ3n) is 6.21. The standard InChI is InChI=1S/C30H26Cl2N2O5S2/c1-17(21-16-40-29(28(21)38)20-7-8-22(31)23(32)14-20)34-15-25(37)27-11-10-26(41-27)24(36)9-4-18-2-5-19(6-3-18)30(39)33-12-13-35/h2-3,5-8,10-11,14,16,35,38H,4,9,12-13,15H2,1H3,(H,33,39). The normalized spacial score (nSPS) is 11.5. The Balaban J connectivity index is 1.33. The minimum absolute atomic E-state index is 0.0608. The monoisotopic (exact) mass is 628 g/mol. The minimum atomic E-state index is -0.267. The van der Waals surface area contributed by atoms with E-state index in [-0.39, 0.29) is 49.3 Å². The van der Waals surface area contributed by atoms with Gasteiger partial charge in [-0.2, -0.15) is 0 Å². The van der Waals surface area contributed by atoms with Crippen LogP contribution >= 0.6 is 45.9 Å². The number of halogens is 2. The fourth-order valence-electron chi connectivity index (χ4n) is 3.92. The molecule has 0 unspecified atom stereocenters. The molecule has 7 nitrogen and oxygen atoms in total. The van der Waals surface area contributed by atoms with E-state index in [1.807, 2.05) is 0 Å². The van der Waals surface area contributed by atoms with Gasteiger partial charge in [0.2, 0.25) is 0 Å². The van der Waals surface area contributed by atoms with E-state index in [4.69, 9.17) is 28.3 Å². The first kappa shape index (κ1) is 30.6. The summed E-state index contributed by atoms with van der Waals surface area (Å²) in [7, 11) is 0. The van der Waals surface area contributed by atoms with Gasteiger partial charge >= 0.3 is 0 Å². The Morgan fingerprint density at radius 1 is 0.951 bits per heavy atom. The summed E-state index contributed by atoms with van der Waals surface area (Å²) in [6.07, 6.45) is 0.760. The molecule has 0 aliphatic rings. The van der Waals surface area contributed by atoms with Crippen molar-refractivity contribution in [3.8, 4) is 16.2 Å². The number of carbonyl (C=O) groups excluding carboxylic acids is 3. The molecule has 0 saturated carbocycles. The maximum absolute atomic E-state index is 12.8. The van der Waals surface area contributed by atoms with E-state index in [2.05, 4.69) is 10.3 Å². The van der Waals surface area contributed by atoms with Gasteiger partial charge in [-0.15, -0.1) is 22.7 Å². The molecule has 11 heteroatoms. The topological polar surface area (TPSA) is 116 Å². The predicted molar refractivity (Wildman–Crippen MR) is 166 cm³/mol. The van der Waals surface area contributed by atoms with Gasteiger partial charge in [0.25, 0.3) is 5.91 Å². The average Bonchev–Trinajstić information content (AvgIpc) is 3.62. The number of ketones is 2. The first-order chi connectivity index (χ1) is 19.7. The number of Topliss-reactive ketones (excluding diaryl/α,β-unsaturated/α-hetero) is 2.